The summed E-state index contributed by atoms with van der Waals surface area (Å²) in [6.45, 7) is 13.7. The SMILES string of the molecule is C=C/C=C(\C=C(/C)F)Cn1cncc1CN1CCN(c2ccccc2O/C(C=C)=C(/C=C\C)OCc2ccccc2)C(=O)C1. The monoisotopic (exact) mass is 594 g/mol. The van der Waals surface area contributed by atoms with Gasteiger partial charge in [0.2, 0.25) is 5.91 Å². The molecular weight excluding hydrogens is 555 g/mol. The number of imidazole rings is 1. The Morgan fingerprint density at radius 3 is 2.55 bits per heavy atom. The van der Waals surface area contributed by atoms with Crippen LogP contribution in [0.4, 0.5) is 10.1 Å². The van der Waals surface area contributed by atoms with E-state index in [0.717, 1.165) is 16.8 Å². The molecule has 0 saturated carbocycles. The first-order chi connectivity index (χ1) is 21.4. The molecule has 228 valence electrons. The molecule has 1 fully saturated rings. The van der Waals surface area contributed by atoms with Crippen LogP contribution in [0.2, 0.25) is 0 Å². The second-order valence-corrected chi connectivity index (χ2v) is 10.3. The number of halogens is 1. The highest BCUT2D eigenvalue weighted by Gasteiger charge is 2.28. The Balaban J connectivity index is 1.46. The van der Waals surface area contributed by atoms with Gasteiger partial charge in [-0.25, -0.2) is 9.37 Å². The molecule has 1 amide bonds. The number of ether oxygens (including phenoxy) is 2. The van der Waals surface area contributed by atoms with E-state index < -0.39 is 0 Å². The number of benzene rings is 2. The Hall–Kier alpha value is -4.95. The van der Waals surface area contributed by atoms with Crippen molar-refractivity contribution in [3.05, 3.63) is 151 Å². The summed E-state index contributed by atoms with van der Waals surface area (Å²) in [5.74, 6) is 1.20. The van der Waals surface area contributed by atoms with Gasteiger partial charge in [0, 0.05) is 32.4 Å². The molecule has 0 atom stereocenters. The lowest BCUT2D eigenvalue weighted by molar-refractivity contribution is -0.121. The third kappa shape index (κ3) is 8.78. The van der Waals surface area contributed by atoms with Gasteiger partial charge in [-0.05, 0) is 55.3 Å². The van der Waals surface area contributed by atoms with Gasteiger partial charge in [0.25, 0.3) is 0 Å². The van der Waals surface area contributed by atoms with E-state index in [0.29, 0.717) is 55.7 Å². The lowest BCUT2D eigenvalue weighted by atomic mass is 10.2. The zero-order valence-electron chi connectivity index (χ0n) is 25.4. The Morgan fingerprint density at radius 2 is 1.84 bits per heavy atom. The van der Waals surface area contributed by atoms with Gasteiger partial charge in [0.1, 0.15) is 6.61 Å². The van der Waals surface area contributed by atoms with Crippen molar-refractivity contribution in [2.45, 2.75) is 33.5 Å². The van der Waals surface area contributed by atoms with Crippen molar-refractivity contribution >= 4 is 11.6 Å². The number of hydrogen-bond acceptors (Lipinski definition) is 5. The van der Waals surface area contributed by atoms with Crippen molar-refractivity contribution in [2.75, 3.05) is 24.5 Å². The summed E-state index contributed by atoms with van der Waals surface area (Å²) in [4.78, 5) is 21.6. The predicted molar refractivity (Wildman–Crippen MR) is 173 cm³/mol. The standard InChI is InChI=1S/C36H39FN4O3/c1-5-13-30(21-28(4)37)23-40-27-38-22-31(40)24-39-19-20-41(36(42)25-39)32-17-11-12-18-34(32)44-33(7-3)35(14-6-2)43-26-29-15-9-8-10-16-29/h5-18,21-22,27H,1,3,19-20,23-26H2,2,4H3/b14-6-,28-21+,30-13+,35-33-. The van der Waals surface area contributed by atoms with Crippen LogP contribution in [0.3, 0.4) is 0 Å². The van der Waals surface area contributed by atoms with Crippen molar-refractivity contribution in [2.24, 2.45) is 0 Å². The van der Waals surface area contributed by atoms with Gasteiger partial charge in [-0.3, -0.25) is 9.69 Å². The number of nitrogens with zero attached hydrogens (tertiary/aromatic N) is 4. The zero-order chi connectivity index (χ0) is 31.3. The summed E-state index contributed by atoms with van der Waals surface area (Å²) in [5, 5.41) is 0. The fourth-order valence-electron chi connectivity index (χ4n) is 4.88. The topological polar surface area (TPSA) is 59.8 Å². The molecule has 0 N–H and O–H groups in total. The van der Waals surface area contributed by atoms with Crippen LogP contribution in [0.1, 0.15) is 25.1 Å². The molecule has 0 spiro atoms. The minimum atomic E-state index is -0.279. The largest absolute Gasteiger partial charge is 0.485 e. The van der Waals surface area contributed by atoms with Gasteiger partial charge in [0.05, 0.1) is 30.1 Å². The van der Waals surface area contributed by atoms with Crippen LogP contribution in [0, 0.1) is 0 Å². The molecule has 2 aromatic carbocycles. The van der Waals surface area contributed by atoms with E-state index in [4.69, 9.17) is 9.47 Å². The van der Waals surface area contributed by atoms with Crippen molar-refractivity contribution in [1.29, 1.82) is 0 Å². The van der Waals surface area contributed by atoms with E-state index in [-0.39, 0.29) is 18.3 Å². The molecule has 1 aliphatic rings. The minimum absolute atomic E-state index is 0.0419. The second-order valence-electron chi connectivity index (χ2n) is 10.3. The van der Waals surface area contributed by atoms with E-state index in [2.05, 4.69) is 23.0 Å². The van der Waals surface area contributed by atoms with Crippen LogP contribution in [0.15, 0.2) is 140 Å². The van der Waals surface area contributed by atoms with Gasteiger partial charge in [0.15, 0.2) is 17.3 Å². The van der Waals surface area contributed by atoms with E-state index in [9.17, 15) is 9.18 Å². The van der Waals surface area contributed by atoms with Crippen LogP contribution < -0.4 is 9.64 Å². The molecule has 7 nitrogen and oxygen atoms in total. The maximum absolute atomic E-state index is 13.6. The van der Waals surface area contributed by atoms with Crippen molar-refractivity contribution in [1.82, 2.24) is 14.5 Å². The highest BCUT2D eigenvalue weighted by molar-refractivity contribution is 5.97. The molecule has 1 saturated heterocycles. The van der Waals surface area contributed by atoms with Gasteiger partial charge in [-0.1, -0.05) is 73.9 Å². The van der Waals surface area contributed by atoms with Crippen LogP contribution in [0.5, 0.6) is 5.75 Å². The first-order valence-corrected chi connectivity index (χ1v) is 14.5. The van der Waals surface area contributed by atoms with Gasteiger partial charge in [-0.15, -0.1) is 0 Å². The van der Waals surface area contributed by atoms with E-state index in [1.165, 1.54) is 13.0 Å². The van der Waals surface area contributed by atoms with Gasteiger partial charge < -0.3 is 18.9 Å². The summed E-state index contributed by atoms with van der Waals surface area (Å²) in [5.41, 5.74) is 3.41. The fraction of sp³-hybridized carbons (Fsp3) is 0.222. The predicted octanol–water partition coefficient (Wildman–Crippen LogP) is 7.29. The average Bonchev–Trinajstić information content (AvgIpc) is 3.45. The maximum atomic E-state index is 13.6. The molecular formula is C36H39FN4O3. The molecule has 2 heterocycles. The number of carbonyl (C=O) groups excluding carboxylic acids is 1. The van der Waals surface area contributed by atoms with Crippen LogP contribution in [0.25, 0.3) is 0 Å². The summed E-state index contributed by atoms with van der Waals surface area (Å²) in [6.07, 6.45) is 13.7. The summed E-state index contributed by atoms with van der Waals surface area (Å²) in [6, 6.07) is 17.4. The molecule has 0 unspecified atom stereocenters. The summed E-state index contributed by atoms with van der Waals surface area (Å²) >= 11 is 0. The molecule has 0 aliphatic carbocycles. The van der Waals surface area contributed by atoms with E-state index in [1.807, 2.05) is 78.2 Å². The molecule has 44 heavy (non-hydrogen) atoms. The lowest BCUT2D eigenvalue weighted by Crippen LogP contribution is -2.50. The number of para-hydroxylation sites is 2. The number of aromatic nitrogens is 2. The fourth-order valence-corrected chi connectivity index (χ4v) is 4.88. The zero-order valence-corrected chi connectivity index (χ0v) is 25.4. The number of hydrogen-bond donors (Lipinski definition) is 0. The Morgan fingerprint density at radius 1 is 1.07 bits per heavy atom. The Bertz CT molecular complexity index is 1560. The molecule has 8 heteroatoms. The van der Waals surface area contributed by atoms with Crippen LogP contribution in [-0.4, -0.2) is 40.0 Å². The normalized spacial score (nSPS) is 15.3. The average molecular weight is 595 g/mol. The van der Waals surface area contributed by atoms with E-state index >= 15 is 0 Å². The third-order valence-electron chi connectivity index (χ3n) is 6.91. The first-order valence-electron chi connectivity index (χ1n) is 14.5. The molecule has 1 aromatic heterocycles. The number of anilines is 1. The maximum Gasteiger partial charge on any atom is 0.241 e. The Labute approximate surface area is 259 Å². The first kappa shape index (κ1) is 32.0. The van der Waals surface area contributed by atoms with Crippen LogP contribution >= 0.6 is 0 Å². The smallest absolute Gasteiger partial charge is 0.241 e. The van der Waals surface area contributed by atoms with E-state index in [1.54, 1.807) is 35.7 Å². The number of rotatable bonds is 14. The summed E-state index contributed by atoms with van der Waals surface area (Å²) < 4.78 is 28.0. The van der Waals surface area contributed by atoms with Crippen molar-refractivity contribution < 1.29 is 18.7 Å². The van der Waals surface area contributed by atoms with Crippen molar-refractivity contribution in [3.8, 4) is 5.75 Å². The van der Waals surface area contributed by atoms with Crippen LogP contribution in [-0.2, 0) is 29.2 Å². The highest BCUT2D eigenvalue weighted by Crippen LogP contribution is 2.32. The van der Waals surface area contributed by atoms with Gasteiger partial charge in [-0.2, -0.15) is 0 Å². The highest BCUT2D eigenvalue weighted by atomic mass is 19.1. The number of allylic oxidation sites excluding steroid dienone is 8. The molecule has 0 radical (unpaired) electrons. The Kier molecular flexibility index (Phi) is 11.7. The minimum Gasteiger partial charge on any atom is -0.485 e. The lowest BCUT2D eigenvalue weighted by Gasteiger charge is -2.35. The second kappa shape index (κ2) is 16.0. The third-order valence-corrected chi connectivity index (χ3v) is 6.91. The van der Waals surface area contributed by atoms with Gasteiger partial charge >= 0.3 is 0 Å². The quantitative estimate of drug-likeness (QED) is 0.145. The van der Waals surface area contributed by atoms with Crippen molar-refractivity contribution in [3.63, 3.8) is 0 Å². The molecule has 0 bridgehead atoms. The molecule has 1 aliphatic heterocycles. The molecule has 4 rings (SSSR count). The summed E-state index contributed by atoms with van der Waals surface area (Å²) in [7, 11) is 0. The number of carbonyl (C=O) groups is 1. The number of amides is 1. The molecule has 3 aromatic rings. The number of piperazine rings is 1.